The van der Waals surface area contributed by atoms with Gasteiger partial charge in [-0.15, -0.1) is 0 Å². The summed E-state index contributed by atoms with van der Waals surface area (Å²) in [6.07, 6.45) is 16.6. The Bertz CT molecular complexity index is 386. The molecule has 128 valence electrons. The minimum atomic E-state index is 0.189. The lowest BCUT2D eigenvalue weighted by Gasteiger charge is -2.31. The van der Waals surface area contributed by atoms with Gasteiger partial charge in [-0.1, -0.05) is 71.6 Å². The van der Waals surface area contributed by atoms with Crippen molar-refractivity contribution >= 4 is 5.82 Å². The molecule has 3 heteroatoms. The van der Waals surface area contributed by atoms with Crippen LogP contribution >= 0.6 is 0 Å². The van der Waals surface area contributed by atoms with Gasteiger partial charge in [0.15, 0.2) is 0 Å². The summed E-state index contributed by atoms with van der Waals surface area (Å²) < 4.78 is 1.88. The van der Waals surface area contributed by atoms with Gasteiger partial charge >= 0.3 is 0 Å². The fourth-order valence-corrected chi connectivity index (χ4v) is 3.10. The first-order valence-electron chi connectivity index (χ1n) is 9.37. The maximum Gasteiger partial charge on any atom is 0.148 e. The molecule has 0 saturated carbocycles. The largest absolute Gasteiger partial charge is 0.363 e. The summed E-state index contributed by atoms with van der Waals surface area (Å²) in [7, 11) is 1.98. The van der Waals surface area contributed by atoms with Gasteiger partial charge in [0.25, 0.3) is 0 Å². The Labute approximate surface area is 137 Å². The Morgan fingerprint density at radius 3 is 2.00 bits per heavy atom. The van der Waals surface area contributed by atoms with Gasteiger partial charge in [-0.25, -0.2) is 0 Å². The van der Waals surface area contributed by atoms with E-state index in [1.807, 2.05) is 17.9 Å². The molecule has 3 nitrogen and oxygen atoms in total. The van der Waals surface area contributed by atoms with Crippen LogP contribution in [0.15, 0.2) is 12.3 Å². The monoisotopic (exact) mass is 307 g/mol. The zero-order chi connectivity index (χ0) is 16.3. The maximum atomic E-state index is 4.50. The zero-order valence-corrected chi connectivity index (χ0v) is 15.3. The summed E-state index contributed by atoms with van der Waals surface area (Å²) >= 11 is 0. The van der Waals surface area contributed by atoms with Gasteiger partial charge in [0.1, 0.15) is 5.82 Å². The van der Waals surface area contributed by atoms with Gasteiger partial charge in [0.05, 0.1) is 0 Å². The Balaban J connectivity index is 2.46. The zero-order valence-electron chi connectivity index (χ0n) is 15.3. The van der Waals surface area contributed by atoms with E-state index < -0.39 is 0 Å². The van der Waals surface area contributed by atoms with Crippen LogP contribution in [0.2, 0.25) is 0 Å². The minimum Gasteiger partial charge on any atom is -0.363 e. The van der Waals surface area contributed by atoms with Gasteiger partial charge in [-0.2, -0.15) is 5.10 Å². The lowest BCUT2D eigenvalue weighted by Crippen LogP contribution is -2.35. The van der Waals surface area contributed by atoms with Crippen LogP contribution in [0.1, 0.15) is 91.4 Å². The number of hydrogen-bond donors (Lipinski definition) is 1. The van der Waals surface area contributed by atoms with Crippen LogP contribution in [-0.4, -0.2) is 15.3 Å². The van der Waals surface area contributed by atoms with E-state index in [1.54, 1.807) is 0 Å². The number of aromatic nitrogens is 2. The smallest absolute Gasteiger partial charge is 0.148 e. The van der Waals surface area contributed by atoms with E-state index in [0.29, 0.717) is 0 Å². The van der Waals surface area contributed by atoms with Crippen molar-refractivity contribution in [1.29, 1.82) is 0 Å². The standard InChI is InChI=1S/C19H37N3/c1-5-7-9-11-13-16-19(3,15-12-10-8-6-2)20-18-14-17-22(4)21-18/h14,17H,5-13,15-16H2,1-4H3,(H,20,21). The molecule has 22 heavy (non-hydrogen) atoms. The molecule has 1 unspecified atom stereocenters. The van der Waals surface area contributed by atoms with Crippen LogP contribution in [0.5, 0.6) is 0 Å². The van der Waals surface area contributed by atoms with E-state index in [0.717, 1.165) is 5.82 Å². The van der Waals surface area contributed by atoms with Crippen molar-refractivity contribution in [1.82, 2.24) is 9.78 Å². The third-order valence-corrected chi connectivity index (χ3v) is 4.56. The third kappa shape index (κ3) is 7.86. The average Bonchev–Trinajstić information content (AvgIpc) is 2.88. The molecule has 0 fully saturated rings. The van der Waals surface area contributed by atoms with Crippen molar-refractivity contribution in [2.45, 2.75) is 96.9 Å². The minimum absolute atomic E-state index is 0.189. The fourth-order valence-electron chi connectivity index (χ4n) is 3.10. The molecule has 1 aromatic rings. The molecule has 1 N–H and O–H groups in total. The molecule has 0 amide bonds. The first-order chi connectivity index (χ1) is 10.6. The quantitative estimate of drug-likeness (QED) is 0.458. The van der Waals surface area contributed by atoms with E-state index in [9.17, 15) is 0 Å². The highest BCUT2D eigenvalue weighted by atomic mass is 15.3. The molecule has 0 aromatic carbocycles. The Kier molecular flexibility index (Phi) is 9.26. The van der Waals surface area contributed by atoms with Crippen molar-refractivity contribution in [2.75, 3.05) is 5.32 Å². The lowest BCUT2D eigenvalue weighted by molar-refractivity contribution is 0.393. The molecule has 0 bridgehead atoms. The van der Waals surface area contributed by atoms with Crippen LogP contribution in [-0.2, 0) is 7.05 Å². The van der Waals surface area contributed by atoms with Crippen molar-refractivity contribution < 1.29 is 0 Å². The lowest BCUT2D eigenvalue weighted by atomic mass is 9.88. The molecule has 1 aromatic heterocycles. The number of aryl methyl sites for hydroxylation is 1. The van der Waals surface area contributed by atoms with Gasteiger partial charge in [0.2, 0.25) is 0 Å². The second-order valence-electron chi connectivity index (χ2n) is 7.04. The topological polar surface area (TPSA) is 29.9 Å². The summed E-state index contributed by atoms with van der Waals surface area (Å²) in [6.45, 7) is 6.94. The number of hydrogen-bond acceptors (Lipinski definition) is 2. The molecule has 0 spiro atoms. The van der Waals surface area contributed by atoms with Crippen molar-refractivity contribution in [3.63, 3.8) is 0 Å². The van der Waals surface area contributed by atoms with Gasteiger partial charge in [-0.05, 0) is 19.8 Å². The van der Waals surface area contributed by atoms with Crippen molar-refractivity contribution in [3.05, 3.63) is 12.3 Å². The highest BCUT2D eigenvalue weighted by Gasteiger charge is 2.23. The van der Waals surface area contributed by atoms with Gasteiger partial charge in [0, 0.05) is 24.8 Å². The Morgan fingerprint density at radius 2 is 1.50 bits per heavy atom. The predicted molar refractivity (Wildman–Crippen MR) is 97.4 cm³/mol. The summed E-state index contributed by atoms with van der Waals surface area (Å²) in [5, 5.41) is 8.22. The molecule has 0 aliphatic heterocycles. The van der Waals surface area contributed by atoms with Crippen LogP contribution < -0.4 is 5.32 Å². The van der Waals surface area contributed by atoms with Crippen molar-refractivity contribution in [3.8, 4) is 0 Å². The number of anilines is 1. The molecule has 1 heterocycles. The third-order valence-electron chi connectivity index (χ3n) is 4.56. The summed E-state index contributed by atoms with van der Waals surface area (Å²) in [4.78, 5) is 0. The average molecular weight is 308 g/mol. The van der Waals surface area contributed by atoms with Crippen LogP contribution in [0.3, 0.4) is 0 Å². The van der Waals surface area contributed by atoms with Crippen molar-refractivity contribution in [2.24, 2.45) is 7.05 Å². The fraction of sp³-hybridized carbons (Fsp3) is 0.842. The normalized spacial score (nSPS) is 14.0. The van der Waals surface area contributed by atoms with E-state index in [1.165, 1.54) is 70.6 Å². The highest BCUT2D eigenvalue weighted by Crippen LogP contribution is 2.26. The summed E-state index contributed by atoms with van der Waals surface area (Å²) in [6, 6.07) is 2.08. The number of nitrogens with zero attached hydrogens (tertiary/aromatic N) is 2. The second-order valence-corrected chi connectivity index (χ2v) is 7.04. The second kappa shape index (κ2) is 10.7. The van der Waals surface area contributed by atoms with Gasteiger partial charge in [-0.3, -0.25) is 4.68 Å². The van der Waals surface area contributed by atoms with Crippen LogP contribution in [0, 0.1) is 0 Å². The Hall–Kier alpha value is -0.990. The summed E-state index contributed by atoms with van der Waals surface area (Å²) in [5.41, 5.74) is 0.189. The molecule has 1 rings (SSSR count). The number of nitrogens with one attached hydrogen (secondary N) is 1. The molecule has 0 aliphatic rings. The molecule has 0 radical (unpaired) electrons. The van der Waals surface area contributed by atoms with E-state index >= 15 is 0 Å². The Morgan fingerprint density at radius 1 is 0.955 bits per heavy atom. The molecular weight excluding hydrogens is 270 g/mol. The first-order valence-corrected chi connectivity index (χ1v) is 9.37. The van der Waals surface area contributed by atoms with Crippen LogP contribution in [0.4, 0.5) is 5.82 Å². The first kappa shape index (κ1) is 19.1. The van der Waals surface area contributed by atoms with E-state index in [-0.39, 0.29) is 5.54 Å². The summed E-state index contributed by atoms with van der Waals surface area (Å²) in [5.74, 6) is 1.02. The van der Waals surface area contributed by atoms with Gasteiger partial charge < -0.3 is 5.32 Å². The SMILES string of the molecule is CCCCCCCC(C)(CCCCCC)Nc1ccn(C)n1. The molecule has 0 saturated heterocycles. The number of unbranched alkanes of at least 4 members (excludes halogenated alkanes) is 7. The predicted octanol–water partition coefficient (Wildman–Crippen LogP) is 5.92. The molecule has 0 aliphatic carbocycles. The highest BCUT2D eigenvalue weighted by molar-refractivity contribution is 5.35. The molecule has 1 atom stereocenters. The maximum absolute atomic E-state index is 4.50. The number of rotatable bonds is 13. The van der Waals surface area contributed by atoms with E-state index in [4.69, 9.17) is 0 Å². The molecular formula is C19H37N3. The van der Waals surface area contributed by atoms with Crippen LogP contribution in [0.25, 0.3) is 0 Å². The van der Waals surface area contributed by atoms with E-state index in [2.05, 4.69) is 37.3 Å².